The molecular weight excluding hydrogens is 278 g/mol. The zero-order chi connectivity index (χ0) is 14.0. The topological polar surface area (TPSA) is 38.8 Å². The van der Waals surface area contributed by atoms with Gasteiger partial charge < -0.3 is 0 Å². The third kappa shape index (κ3) is 2.96. The molecule has 0 amide bonds. The molecule has 2 aromatic heterocycles. The molecule has 0 saturated heterocycles. The predicted octanol–water partition coefficient (Wildman–Crippen LogP) is 1.87. The van der Waals surface area contributed by atoms with E-state index in [-0.39, 0.29) is 5.69 Å². The van der Waals surface area contributed by atoms with Gasteiger partial charge in [0.2, 0.25) is 0 Å². The summed E-state index contributed by atoms with van der Waals surface area (Å²) in [6, 6.07) is 1.92. The van der Waals surface area contributed by atoms with E-state index in [2.05, 4.69) is 4.98 Å². The van der Waals surface area contributed by atoms with Gasteiger partial charge >= 0.3 is 5.69 Å². The zero-order valence-electron chi connectivity index (χ0n) is 11.4. The summed E-state index contributed by atoms with van der Waals surface area (Å²) in [5, 5.41) is 0. The molecule has 0 bridgehead atoms. The molecule has 0 atom stereocenters. The van der Waals surface area contributed by atoms with Gasteiger partial charge in [-0.3, -0.25) is 0 Å². The Labute approximate surface area is 120 Å². The monoisotopic (exact) mass is 294 g/mol. The van der Waals surface area contributed by atoms with Crippen molar-refractivity contribution in [3.05, 3.63) is 39.0 Å². The van der Waals surface area contributed by atoms with Crippen LogP contribution in [0.4, 0.5) is 0 Å². The average Bonchev–Trinajstić information content (AvgIpc) is 2.76. The number of nitrogens with zero attached hydrogens (tertiary/aromatic N) is 3. The van der Waals surface area contributed by atoms with Gasteiger partial charge in [0, 0.05) is 6.07 Å². The molecule has 4 nitrogen and oxygen atoms in total. The summed E-state index contributed by atoms with van der Waals surface area (Å²) >= 11 is 3.31. The minimum atomic E-state index is -0.0343. The van der Waals surface area contributed by atoms with Crippen molar-refractivity contribution in [3.8, 4) is 0 Å². The average molecular weight is 294 g/mol. The Morgan fingerprint density at radius 1 is 1.47 bits per heavy atom. The molecule has 6 heteroatoms. The lowest BCUT2D eigenvalue weighted by molar-refractivity contribution is -0.690. The fourth-order valence-electron chi connectivity index (χ4n) is 1.66. The molecule has 19 heavy (non-hydrogen) atoms. The van der Waals surface area contributed by atoms with Crippen LogP contribution >= 0.6 is 23.1 Å². The van der Waals surface area contributed by atoms with Crippen LogP contribution in [0.5, 0.6) is 0 Å². The van der Waals surface area contributed by atoms with Crippen molar-refractivity contribution in [2.45, 2.75) is 11.3 Å². The first kappa shape index (κ1) is 14.0. The van der Waals surface area contributed by atoms with Gasteiger partial charge in [0.05, 0.1) is 30.9 Å². The number of thioether (sulfide) groups is 1. The molecule has 0 aromatic carbocycles. The molecule has 0 saturated carbocycles. The minimum absolute atomic E-state index is 0.0343. The minimum Gasteiger partial charge on any atom is -0.234 e. The molecule has 0 aliphatic rings. The molecule has 0 fully saturated rings. The van der Waals surface area contributed by atoms with E-state index in [0.29, 0.717) is 0 Å². The van der Waals surface area contributed by atoms with E-state index in [1.165, 1.54) is 0 Å². The Morgan fingerprint density at radius 2 is 2.21 bits per heavy atom. The number of rotatable bonds is 3. The van der Waals surface area contributed by atoms with Gasteiger partial charge in [-0.2, -0.15) is 9.36 Å². The van der Waals surface area contributed by atoms with Crippen molar-refractivity contribution in [2.24, 2.45) is 14.1 Å². The summed E-state index contributed by atoms with van der Waals surface area (Å²) in [6.07, 6.45) is 7.76. The Kier molecular flexibility index (Phi) is 4.21. The summed E-state index contributed by atoms with van der Waals surface area (Å²) in [5.74, 6) is 0. The second-order valence-electron chi connectivity index (χ2n) is 4.16. The Morgan fingerprint density at radius 3 is 2.84 bits per heavy atom. The summed E-state index contributed by atoms with van der Waals surface area (Å²) in [5.41, 5.74) is 1.87. The van der Waals surface area contributed by atoms with Crippen molar-refractivity contribution in [1.29, 1.82) is 0 Å². The maximum Gasteiger partial charge on any atom is 0.497 e. The van der Waals surface area contributed by atoms with E-state index >= 15 is 0 Å². The summed E-state index contributed by atoms with van der Waals surface area (Å²) < 4.78 is 4.24. The molecule has 0 radical (unpaired) electrons. The molecule has 0 aliphatic heterocycles. The number of aromatic nitrogens is 3. The fourth-order valence-corrected chi connectivity index (χ4v) is 3.19. The van der Waals surface area contributed by atoms with Crippen LogP contribution in [-0.4, -0.2) is 15.8 Å². The van der Waals surface area contributed by atoms with Crippen molar-refractivity contribution in [3.63, 3.8) is 0 Å². The van der Waals surface area contributed by atoms with E-state index in [4.69, 9.17) is 0 Å². The summed E-state index contributed by atoms with van der Waals surface area (Å²) in [6.45, 7) is 2.00. The van der Waals surface area contributed by atoms with Gasteiger partial charge in [0.1, 0.15) is 10.0 Å². The molecule has 0 spiro atoms. The van der Waals surface area contributed by atoms with E-state index in [9.17, 15) is 4.79 Å². The highest BCUT2D eigenvalue weighted by Crippen LogP contribution is 2.26. The first-order chi connectivity index (χ1) is 9.02. The normalized spacial score (nSPS) is 11.4. The molecule has 2 aromatic rings. The van der Waals surface area contributed by atoms with Gasteiger partial charge in [-0.25, -0.2) is 9.55 Å². The maximum absolute atomic E-state index is 11.8. The molecule has 100 valence electrons. The maximum atomic E-state index is 11.8. The highest BCUT2D eigenvalue weighted by molar-refractivity contribution is 8.00. The van der Waals surface area contributed by atoms with Crippen LogP contribution < -0.4 is 10.3 Å². The zero-order valence-corrected chi connectivity index (χ0v) is 13.0. The Balaban J connectivity index is 2.35. The van der Waals surface area contributed by atoms with Crippen LogP contribution in [0, 0.1) is 6.92 Å². The summed E-state index contributed by atoms with van der Waals surface area (Å²) in [7, 11) is 3.52. The van der Waals surface area contributed by atoms with Crippen molar-refractivity contribution in [2.75, 3.05) is 6.26 Å². The molecule has 2 rings (SSSR count). The molecule has 2 heterocycles. The second kappa shape index (κ2) is 5.71. The second-order valence-corrected chi connectivity index (χ2v) is 6.24. The van der Waals surface area contributed by atoms with Crippen LogP contribution in [0.3, 0.4) is 0 Å². The van der Waals surface area contributed by atoms with Crippen molar-refractivity contribution >= 4 is 35.3 Å². The standard InChI is InChI=1S/C13H16N3OS2/c1-9-11(19-12(14-9)18-4)6-5-10-7-8-15(2)13(17)16(10)3/h5-8H,1-4H3/q+1. The van der Waals surface area contributed by atoms with Gasteiger partial charge in [0.15, 0.2) is 0 Å². The fraction of sp³-hybridized carbons (Fsp3) is 0.308. The van der Waals surface area contributed by atoms with Gasteiger partial charge in [0.25, 0.3) is 0 Å². The quantitative estimate of drug-likeness (QED) is 0.641. The SMILES string of the molecule is CSc1nc(C)c(/C=C/c2cc[n+](C)c(=O)n2C)s1. The predicted molar refractivity (Wildman–Crippen MR) is 80.4 cm³/mol. The van der Waals surface area contributed by atoms with E-state index in [0.717, 1.165) is 20.6 Å². The third-order valence-electron chi connectivity index (χ3n) is 2.84. The smallest absolute Gasteiger partial charge is 0.234 e. The summed E-state index contributed by atoms with van der Waals surface area (Å²) in [4.78, 5) is 17.4. The van der Waals surface area contributed by atoms with Crippen molar-refractivity contribution < 1.29 is 4.57 Å². The Bertz CT molecular complexity index is 686. The van der Waals surface area contributed by atoms with Crippen LogP contribution in [0.1, 0.15) is 16.3 Å². The highest BCUT2D eigenvalue weighted by atomic mass is 32.2. The van der Waals surface area contributed by atoms with Crippen molar-refractivity contribution in [1.82, 2.24) is 9.55 Å². The number of hydrogen-bond acceptors (Lipinski definition) is 4. The van der Waals surface area contributed by atoms with Crippen LogP contribution in [-0.2, 0) is 14.1 Å². The van der Waals surface area contributed by atoms with Gasteiger partial charge in [-0.15, -0.1) is 11.3 Å². The lowest BCUT2D eigenvalue weighted by Gasteiger charge is -1.97. The van der Waals surface area contributed by atoms with E-state index in [1.54, 1.807) is 52.5 Å². The first-order valence-corrected chi connectivity index (χ1v) is 7.82. The molecule has 0 unspecified atom stereocenters. The number of hydrogen-bond donors (Lipinski definition) is 0. The van der Waals surface area contributed by atoms with E-state index in [1.807, 2.05) is 31.4 Å². The first-order valence-electron chi connectivity index (χ1n) is 5.78. The molecule has 0 aliphatic carbocycles. The molecular formula is C13H16N3OS2+. The lowest BCUT2D eigenvalue weighted by Crippen LogP contribution is -2.50. The van der Waals surface area contributed by atoms with E-state index < -0.39 is 0 Å². The number of thiazole rings is 1. The van der Waals surface area contributed by atoms with Crippen LogP contribution in [0.25, 0.3) is 12.2 Å². The Hall–Kier alpha value is -1.40. The van der Waals surface area contributed by atoms with Gasteiger partial charge in [-0.1, -0.05) is 11.8 Å². The largest absolute Gasteiger partial charge is 0.497 e. The third-order valence-corrected chi connectivity index (χ3v) is 4.95. The van der Waals surface area contributed by atoms with Crippen LogP contribution in [0.2, 0.25) is 0 Å². The highest BCUT2D eigenvalue weighted by Gasteiger charge is 2.08. The van der Waals surface area contributed by atoms with Gasteiger partial charge in [-0.05, 0) is 25.3 Å². The lowest BCUT2D eigenvalue weighted by atomic mass is 10.3. The van der Waals surface area contributed by atoms with Crippen LogP contribution in [0.15, 0.2) is 21.4 Å². The molecule has 0 N–H and O–H groups in total. The number of aryl methyl sites for hydroxylation is 2.